The van der Waals surface area contributed by atoms with Gasteiger partial charge in [0.15, 0.2) is 0 Å². The van der Waals surface area contributed by atoms with Gasteiger partial charge in [0.1, 0.15) is 11.9 Å². The summed E-state index contributed by atoms with van der Waals surface area (Å²) < 4.78 is 0.912. The Labute approximate surface area is 125 Å². The van der Waals surface area contributed by atoms with Crippen molar-refractivity contribution in [1.82, 2.24) is 4.98 Å². The van der Waals surface area contributed by atoms with Crippen LogP contribution in [-0.2, 0) is 11.2 Å². The number of carbonyl (C=O) groups is 1. The fourth-order valence-electron chi connectivity index (χ4n) is 1.70. The number of rotatable bonds is 3. The molecule has 0 unspecified atom stereocenters. The third-order valence-corrected chi connectivity index (χ3v) is 3.67. The Morgan fingerprint density at radius 1 is 1.35 bits per heavy atom. The normalized spacial score (nSPS) is 9.85. The minimum absolute atomic E-state index is 0.0610. The lowest BCUT2D eigenvalue weighted by atomic mass is 10.1. The lowest BCUT2D eigenvalue weighted by Crippen LogP contribution is -2.28. The minimum Gasteiger partial charge on any atom is -0.300 e. The number of halogens is 1. The summed E-state index contributed by atoms with van der Waals surface area (Å²) in [6, 6.07) is 12.9. The van der Waals surface area contributed by atoms with Crippen molar-refractivity contribution in [3.05, 3.63) is 58.2 Å². The Kier molecular flexibility index (Phi) is 4.49. The van der Waals surface area contributed by atoms with E-state index < -0.39 is 0 Å². The van der Waals surface area contributed by atoms with E-state index in [1.54, 1.807) is 19.2 Å². The number of amides is 1. The summed E-state index contributed by atoms with van der Waals surface area (Å²) >= 11 is 3.43. The largest absolute Gasteiger partial charge is 0.300 e. The van der Waals surface area contributed by atoms with Crippen LogP contribution < -0.4 is 4.90 Å². The van der Waals surface area contributed by atoms with Crippen LogP contribution in [0.2, 0.25) is 0 Å². The highest BCUT2D eigenvalue weighted by Crippen LogP contribution is 2.18. The fourth-order valence-corrected chi connectivity index (χ4v) is 2.13. The third-order valence-electron chi connectivity index (χ3n) is 2.89. The first kappa shape index (κ1) is 14.2. The monoisotopic (exact) mass is 329 g/mol. The van der Waals surface area contributed by atoms with Crippen molar-refractivity contribution in [3.8, 4) is 6.07 Å². The summed E-state index contributed by atoms with van der Waals surface area (Å²) in [6.45, 7) is 0. The summed E-state index contributed by atoms with van der Waals surface area (Å²) in [5.74, 6) is 0.468. The van der Waals surface area contributed by atoms with Crippen LogP contribution in [0.3, 0.4) is 0 Å². The quantitative estimate of drug-likeness (QED) is 0.869. The number of likely N-dealkylation sites (N-methyl/N-ethyl adjacent to an activating group) is 1. The van der Waals surface area contributed by atoms with E-state index >= 15 is 0 Å². The van der Waals surface area contributed by atoms with E-state index in [2.05, 4.69) is 20.9 Å². The molecule has 0 aliphatic carbocycles. The van der Waals surface area contributed by atoms with E-state index in [9.17, 15) is 4.79 Å². The first-order chi connectivity index (χ1) is 9.61. The van der Waals surface area contributed by atoms with Gasteiger partial charge in [0, 0.05) is 17.7 Å². The van der Waals surface area contributed by atoms with Crippen molar-refractivity contribution >= 4 is 27.7 Å². The molecule has 0 saturated carbocycles. The highest BCUT2D eigenvalue weighted by molar-refractivity contribution is 9.10. The van der Waals surface area contributed by atoms with Gasteiger partial charge in [0.25, 0.3) is 0 Å². The first-order valence-corrected chi connectivity index (χ1v) is 6.77. The van der Waals surface area contributed by atoms with E-state index in [0.29, 0.717) is 17.8 Å². The highest BCUT2D eigenvalue weighted by atomic mass is 79.9. The lowest BCUT2D eigenvalue weighted by molar-refractivity contribution is -0.117. The number of carbonyl (C=O) groups excluding carboxylic acids is 1. The summed E-state index contributed by atoms with van der Waals surface area (Å²) in [5.41, 5.74) is 1.40. The zero-order chi connectivity index (χ0) is 14.5. The molecule has 0 aliphatic rings. The zero-order valence-electron chi connectivity index (χ0n) is 10.9. The number of benzene rings is 1. The number of nitriles is 1. The van der Waals surface area contributed by atoms with E-state index in [1.165, 1.54) is 11.1 Å². The van der Waals surface area contributed by atoms with Crippen LogP contribution in [0.5, 0.6) is 0 Å². The molecule has 0 saturated heterocycles. The molecule has 0 fully saturated rings. The molecule has 5 heteroatoms. The Balaban J connectivity index is 2.12. The van der Waals surface area contributed by atoms with Crippen LogP contribution in [0.15, 0.2) is 47.1 Å². The van der Waals surface area contributed by atoms with E-state index in [0.717, 1.165) is 10.0 Å². The van der Waals surface area contributed by atoms with Crippen molar-refractivity contribution in [2.75, 3.05) is 11.9 Å². The predicted octanol–water partition coefficient (Wildman–Crippen LogP) is 2.92. The molecule has 0 radical (unpaired) electrons. The second-order valence-corrected chi connectivity index (χ2v) is 5.09. The lowest BCUT2D eigenvalue weighted by Gasteiger charge is -2.16. The van der Waals surface area contributed by atoms with Gasteiger partial charge in [-0.1, -0.05) is 34.1 Å². The summed E-state index contributed by atoms with van der Waals surface area (Å²) in [5, 5.41) is 8.73. The van der Waals surface area contributed by atoms with Gasteiger partial charge in [0.05, 0.1) is 12.0 Å². The molecule has 1 heterocycles. The van der Waals surface area contributed by atoms with Crippen LogP contribution in [0, 0.1) is 11.3 Å². The molecule has 2 rings (SSSR count). The highest BCUT2D eigenvalue weighted by Gasteiger charge is 2.14. The molecule has 0 bridgehead atoms. The van der Waals surface area contributed by atoms with E-state index in [-0.39, 0.29) is 5.91 Å². The summed E-state index contributed by atoms with van der Waals surface area (Å²) in [4.78, 5) is 17.8. The van der Waals surface area contributed by atoms with Crippen LogP contribution in [0.25, 0.3) is 0 Å². The molecule has 1 aromatic heterocycles. The standard InChI is InChI=1S/C15H12BrN3O/c1-19(14-7-6-11(9-17)10-18-14)15(20)8-12-4-2-3-5-13(12)16/h2-7,10H,8H2,1H3. The van der Waals surface area contributed by atoms with Gasteiger partial charge < -0.3 is 0 Å². The first-order valence-electron chi connectivity index (χ1n) is 5.98. The maximum absolute atomic E-state index is 12.2. The molecule has 100 valence electrons. The second kappa shape index (κ2) is 6.31. The van der Waals surface area contributed by atoms with Gasteiger partial charge in [-0.15, -0.1) is 0 Å². The molecule has 0 N–H and O–H groups in total. The third kappa shape index (κ3) is 3.22. The van der Waals surface area contributed by atoms with Crippen molar-refractivity contribution in [2.45, 2.75) is 6.42 Å². The molecule has 2 aromatic rings. The Morgan fingerprint density at radius 2 is 2.10 bits per heavy atom. The average Bonchev–Trinajstić information content (AvgIpc) is 2.49. The summed E-state index contributed by atoms with van der Waals surface area (Å²) in [7, 11) is 1.67. The Bertz CT molecular complexity index is 662. The van der Waals surface area contributed by atoms with Crippen LogP contribution in [0.4, 0.5) is 5.82 Å². The molecule has 4 nitrogen and oxygen atoms in total. The van der Waals surface area contributed by atoms with E-state index in [4.69, 9.17) is 5.26 Å². The molecule has 1 aromatic carbocycles. The molecule has 0 atom stereocenters. The van der Waals surface area contributed by atoms with Gasteiger partial charge in [-0.3, -0.25) is 9.69 Å². The number of hydrogen-bond donors (Lipinski definition) is 0. The predicted molar refractivity (Wildman–Crippen MR) is 80.2 cm³/mol. The molecular weight excluding hydrogens is 318 g/mol. The van der Waals surface area contributed by atoms with Crippen molar-refractivity contribution < 1.29 is 4.79 Å². The van der Waals surface area contributed by atoms with Gasteiger partial charge >= 0.3 is 0 Å². The minimum atomic E-state index is -0.0610. The van der Waals surface area contributed by atoms with E-state index in [1.807, 2.05) is 30.3 Å². The Hall–Kier alpha value is -2.19. The smallest absolute Gasteiger partial charge is 0.232 e. The number of hydrogen-bond acceptors (Lipinski definition) is 3. The van der Waals surface area contributed by atoms with Gasteiger partial charge in [-0.2, -0.15) is 5.26 Å². The van der Waals surface area contributed by atoms with Crippen molar-refractivity contribution in [1.29, 1.82) is 5.26 Å². The van der Waals surface area contributed by atoms with Gasteiger partial charge in [0.2, 0.25) is 5.91 Å². The van der Waals surface area contributed by atoms with Crippen LogP contribution >= 0.6 is 15.9 Å². The molecule has 1 amide bonds. The Morgan fingerprint density at radius 3 is 2.70 bits per heavy atom. The maximum atomic E-state index is 12.2. The molecule has 0 aliphatic heterocycles. The fraction of sp³-hybridized carbons (Fsp3) is 0.133. The SMILES string of the molecule is CN(C(=O)Cc1ccccc1Br)c1ccc(C#N)cn1. The van der Waals surface area contributed by atoms with Gasteiger partial charge in [-0.25, -0.2) is 4.98 Å². The van der Waals surface area contributed by atoms with Crippen molar-refractivity contribution in [2.24, 2.45) is 0 Å². The number of anilines is 1. The van der Waals surface area contributed by atoms with Crippen molar-refractivity contribution in [3.63, 3.8) is 0 Å². The number of aromatic nitrogens is 1. The summed E-state index contributed by atoms with van der Waals surface area (Å²) in [6.07, 6.45) is 1.75. The average molecular weight is 330 g/mol. The maximum Gasteiger partial charge on any atom is 0.232 e. The molecule has 20 heavy (non-hydrogen) atoms. The number of nitrogens with zero attached hydrogens (tertiary/aromatic N) is 3. The second-order valence-electron chi connectivity index (χ2n) is 4.24. The zero-order valence-corrected chi connectivity index (χ0v) is 12.5. The van der Waals surface area contributed by atoms with Crippen LogP contribution in [0.1, 0.15) is 11.1 Å². The topological polar surface area (TPSA) is 57.0 Å². The molecule has 0 spiro atoms. The number of pyridine rings is 1. The van der Waals surface area contributed by atoms with Crippen LogP contribution in [-0.4, -0.2) is 17.9 Å². The molecular formula is C15H12BrN3O. The van der Waals surface area contributed by atoms with Gasteiger partial charge in [-0.05, 0) is 23.8 Å².